The van der Waals surface area contributed by atoms with Crippen molar-refractivity contribution in [3.8, 4) is 0 Å². The first-order chi connectivity index (χ1) is 8.00. The number of amides is 3. The van der Waals surface area contributed by atoms with Crippen LogP contribution in [0.15, 0.2) is 0 Å². The van der Waals surface area contributed by atoms with Crippen LogP contribution in [0.4, 0.5) is 4.79 Å². The first-order valence-corrected chi connectivity index (χ1v) is 6.89. The molecule has 1 aliphatic heterocycles. The van der Waals surface area contributed by atoms with E-state index in [0.29, 0.717) is 0 Å². The lowest BCUT2D eigenvalue weighted by Gasteiger charge is -2.20. The molecule has 5 nitrogen and oxygen atoms in total. The topological polar surface area (TPSA) is 81.4 Å². The molecular formula is C11H20N2O3S. The van der Waals surface area contributed by atoms with E-state index in [9.17, 15) is 9.59 Å². The Hall–Kier alpha value is -0.750. The van der Waals surface area contributed by atoms with Gasteiger partial charge in [-0.25, -0.2) is 4.79 Å². The van der Waals surface area contributed by atoms with Gasteiger partial charge in [-0.05, 0) is 18.8 Å². The lowest BCUT2D eigenvalue weighted by Crippen LogP contribution is -2.42. The van der Waals surface area contributed by atoms with Gasteiger partial charge in [0.1, 0.15) is 0 Å². The number of carbonyl (C=O) groups excluding carboxylic acids is 2. The van der Waals surface area contributed by atoms with Crippen LogP contribution in [0.1, 0.15) is 26.7 Å². The second-order valence-corrected chi connectivity index (χ2v) is 5.66. The quantitative estimate of drug-likeness (QED) is 0.776. The second kappa shape index (κ2) is 6.86. The monoisotopic (exact) mass is 260 g/mol. The van der Waals surface area contributed by atoms with E-state index in [1.807, 2.05) is 13.8 Å². The minimum absolute atomic E-state index is 0.153. The summed E-state index contributed by atoms with van der Waals surface area (Å²) in [5.74, 6) is 0.630. The van der Waals surface area contributed by atoms with Crippen LogP contribution >= 0.6 is 11.8 Å². The average molecular weight is 260 g/mol. The summed E-state index contributed by atoms with van der Waals surface area (Å²) in [5.41, 5.74) is 4.94. The van der Waals surface area contributed by atoms with Crippen LogP contribution in [-0.4, -0.2) is 35.7 Å². The van der Waals surface area contributed by atoms with Gasteiger partial charge in [-0.1, -0.05) is 13.8 Å². The molecular weight excluding hydrogens is 240 g/mol. The highest BCUT2D eigenvalue weighted by Gasteiger charge is 2.26. The van der Waals surface area contributed by atoms with Gasteiger partial charge in [0.05, 0.1) is 11.4 Å². The minimum Gasteiger partial charge on any atom is -0.377 e. The largest absolute Gasteiger partial charge is 0.377 e. The van der Waals surface area contributed by atoms with Crippen LogP contribution in [0.25, 0.3) is 0 Å². The Labute approximate surface area is 106 Å². The van der Waals surface area contributed by atoms with Gasteiger partial charge in [-0.3, -0.25) is 10.1 Å². The Balaban J connectivity index is 2.41. The Morgan fingerprint density at radius 2 is 2.24 bits per heavy atom. The van der Waals surface area contributed by atoms with E-state index < -0.39 is 6.03 Å². The van der Waals surface area contributed by atoms with Crippen molar-refractivity contribution in [2.24, 2.45) is 11.7 Å². The molecule has 3 N–H and O–H groups in total. The van der Waals surface area contributed by atoms with E-state index in [1.54, 1.807) is 0 Å². The summed E-state index contributed by atoms with van der Waals surface area (Å²) in [5, 5.41) is 1.88. The molecule has 1 heterocycles. The van der Waals surface area contributed by atoms with Gasteiger partial charge in [-0.2, -0.15) is 0 Å². The zero-order chi connectivity index (χ0) is 12.8. The van der Waals surface area contributed by atoms with Crippen molar-refractivity contribution in [3.05, 3.63) is 0 Å². The summed E-state index contributed by atoms with van der Waals surface area (Å²) in [6.07, 6.45) is 2.38. The zero-order valence-corrected chi connectivity index (χ0v) is 11.1. The van der Waals surface area contributed by atoms with E-state index in [-0.39, 0.29) is 23.2 Å². The normalized spacial score (nSPS) is 21.5. The van der Waals surface area contributed by atoms with Gasteiger partial charge in [0.25, 0.3) is 0 Å². The van der Waals surface area contributed by atoms with Crippen molar-refractivity contribution in [2.75, 3.05) is 12.4 Å². The molecule has 2 atom stereocenters. The molecule has 0 aromatic rings. The predicted octanol–water partition coefficient (Wildman–Crippen LogP) is 1.12. The molecule has 1 aliphatic rings. The highest BCUT2D eigenvalue weighted by molar-refractivity contribution is 8.00. The van der Waals surface area contributed by atoms with Crippen LogP contribution in [0, 0.1) is 5.92 Å². The van der Waals surface area contributed by atoms with Gasteiger partial charge < -0.3 is 10.5 Å². The molecule has 1 rings (SSSR count). The zero-order valence-electron chi connectivity index (χ0n) is 10.3. The highest BCUT2D eigenvalue weighted by atomic mass is 32.2. The van der Waals surface area contributed by atoms with Gasteiger partial charge in [0.15, 0.2) is 0 Å². The van der Waals surface area contributed by atoms with Crippen LogP contribution in [-0.2, 0) is 9.53 Å². The molecule has 98 valence electrons. The Kier molecular flexibility index (Phi) is 5.77. The van der Waals surface area contributed by atoms with Crippen molar-refractivity contribution in [2.45, 2.75) is 38.0 Å². The fourth-order valence-electron chi connectivity index (χ4n) is 1.75. The Morgan fingerprint density at radius 3 is 2.71 bits per heavy atom. The molecule has 0 saturated carbocycles. The summed E-state index contributed by atoms with van der Waals surface area (Å²) in [6.45, 7) is 4.71. The summed E-state index contributed by atoms with van der Waals surface area (Å²) in [7, 11) is 0. The number of hydrogen-bond acceptors (Lipinski definition) is 4. The third-order valence-electron chi connectivity index (χ3n) is 2.60. The van der Waals surface area contributed by atoms with Gasteiger partial charge in [-0.15, -0.1) is 11.8 Å². The van der Waals surface area contributed by atoms with E-state index in [1.165, 1.54) is 11.8 Å². The first-order valence-electron chi connectivity index (χ1n) is 5.84. The number of imide groups is 1. The number of rotatable bonds is 5. The van der Waals surface area contributed by atoms with Crippen molar-refractivity contribution >= 4 is 23.7 Å². The molecule has 0 aliphatic carbocycles. The first kappa shape index (κ1) is 14.3. The lowest BCUT2D eigenvalue weighted by molar-refractivity contribution is -0.120. The number of carbonyl (C=O) groups is 2. The molecule has 0 aromatic heterocycles. The van der Waals surface area contributed by atoms with Crippen LogP contribution in [0.5, 0.6) is 0 Å². The molecule has 3 amide bonds. The number of hydrogen-bond donors (Lipinski definition) is 2. The highest BCUT2D eigenvalue weighted by Crippen LogP contribution is 2.24. The maximum atomic E-state index is 11.7. The number of urea groups is 1. The van der Waals surface area contributed by atoms with Crippen molar-refractivity contribution in [3.63, 3.8) is 0 Å². The van der Waals surface area contributed by atoms with Gasteiger partial charge >= 0.3 is 6.03 Å². The molecule has 0 radical (unpaired) electrons. The second-order valence-electron chi connectivity index (χ2n) is 4.49. The summed E-state index contributed by atoms with van der Waals surface area (Å²) >= 11 is 1.53. The number of thioether (sulfide) groups is 1. The summed E-state index contributed by atoms with van der Waals surface area (Å²) < 4.78 is 5.50. The van der Waals surface area contributed by atoms with Crippen molar-refractivity contribution < 1.29 is 14.3 Å². The fourth-order valence-corrected chi connectivity index (χ4v) is 3.03. The molecule has 1 saturated heterocycles. The van der Waals surface area contributed by atoms with E-state index >= 15 is 0 Å². The molecule has 1 fully saturated rings. The SMILES string of the molecule is CC(C)[C@H](SC[C@@H]1CCCO1)C(=O)NC(N)=O. The third kappa shape index (κ3) is 4.95. The van der Waals surface area contributed by atoms with Gasteiger partial charge in [0.2, 0.25) is 5.91 Å². The minimum atomic E-state index is -0.793. The molecule has 0 spiro atoms. The standard InChI is InChI=1S/C11H20N2O3S/c1-7(2)9(10(14)13-11(12)15)17-6-8-4-3-5-16-8/h7-9H,3-6H2,1-2H3,(H3,12,13,14,15)/t8-,9-/m0/s1. The molecule has 0 bridgehead atoms. The number of primary amides is 1. The van der Waals surface area contributed by atoms with Crippen molar-refractivity contribution in [1.82, 2.24) is 5.32 Å². The predicted molar refractivity (Wildman–Crippen MR) is 67.8 cm³/mol. The smallest absolute Gasteiger partial charge is 0.318 e. The molecule has 0 unspecified atom stereocenters. The van der Waals surface area contributed by atoms with E-state index in [0.717, 1.165) is 25.2 Å². The maximum absolute atomic E-state index is 11.7. The van der Waals surface area contributed by atoms with Crippen LogP contribution in [0.2, 0.25) is 0 Å². The number of nitrogens with two attached hydrogens (primary N) is 1. The third-order valence-corrected chi connectivity index (χ3v) is 4.28. The number of ether oxygens (including phenoxy) is 1. The summed E-state index contributed by atoms with van der Waals surface area (Å²) in [6, 6.07) is -0.793. The lowest BCUT2D eigenvalue weighted by atomic mass is 10.1. The van der Waals surface area contributed by atoms with Gasteiger partial charge in [0, 0.05) is 12.4 Å². The summed E-state index contributed by atoms with van der Waals surface area (Å²) in [4.78, 5) is 22.4. The fraction of sp³-hybridized carbons (Fsp3) is 0.818. The van der Waals surface area contributed by atoms with E-state index in [4.69, 9.17) is 10.5 Å². The van der Waals surface area contributed by atoms with Crippen LogP contribution in [0.3, 0.4) is 0 Å². The maximum Gasteiger partial charge on any atom is 0.318 e. The van der Waals surface area contributed by atoms with E-state index in [2.05, 4.69) is 5.32 Å². The molecule has 0 aromatic carbocycles. The molecule has 17 heavy (non-hydrogen) atoms. The van der Waals surface area contributed by atoms with Crippen LogP contribution < -0.4 is 11.1 Å². The number of nitrogens with one attached hydrogen (secondary N) is 1. The van der Waals surface area contributed by atoms with Crippen molar-refractivity contribution in [1.29, 1.82) is 0 Å². The Bertz CT molecular complexity index is 278. The Morgan fingerprint density at radius 1 is 1.53 bits per heavy atom. The molecule has 6 heteroatoms. The average Bonchev–Trinajstić information content (AvgIpc) is 2.68.